The van der Waals surface area contributed by atoms with Gasteiger partial charge in [0.05, 0.1) is 21.7 Å². The average molecular weight is 805 g/mol. The van der Waals surface area contributed by atoms with Gasteiger partial charge in [-0.15, -0.1) is 0 Å². The molecule has 6 amide bonds. The predicted molar refractivity (Wildman–Crippen MR) is 212 cm³/mol. The molecule has 4 heterocycles. The topological polar surface area (TPSA) is 169 Å². The Morgan fingerprint density at radius 3 is 2.05 bits per heavy atom. The lowest BCUT2D eigenvalue weighted by atomic mass is 9.49. The van der Waals surface area contributed by atoms with Crippen LogP contribution in [0.15, 0.2) is 54.6 Å². The molecular weight excluding hydrogens is 760 g/mol. The summed E-state index contributed by atoms with van der Waals surface area (Å²) in [5, 5.41) is 15.0. The maximum atomic E-state index is 13.5. The van der Waals surface area contributed by atoms with Gasteiger partial charge in [-0.25, -0.2) is 0 Å². The lowest BCUT2D eigenvalue weighted by Crippen LogP contribution is -2.74. The van der Waals surface area contributed by atoms with Gasteiger partial charge in [0, 0.05) is 73.2 Å². The third-order valence-electron chi connectivity index (χ3n) is 12.8. The molecule has 1 atom stereocenters. The van der Waals surface area contributed by atoms with Gasteiger partial charge in [-0.2, -0.15) is 5.26 Å². The second kappa shape index (κ2) is 14.7. The van der Waals surface area contributed by atoms with E-state index in [1.54, 1.807) is 54.6 Å². The second-order valence-corrected chi connectivity index (χ2v) is 17.8. The quantitative estimate of drug-likeness (QED) is 0.295. The van der Waals surface area contributed by atoms with Crippen molar-refractivity contribution in [2.75, 3.05) is 19.6 Å². The Hall–Kier alpha value is -5.58. The Balaban J connectivity index is 0.816. The number of carbonyl (C=O) groups excluding carboxylic acids is 6. The van der Waals surface area contributed by atoms with Crippen LogP contribution in [-0.2, 0) is 22.7 Å². The number of benzene rings is 3. The van der Waals surface area contributed by atoms with Crippen LogP contribution in [0.4, 0.5) is 0 Å². The van der Waals surface area contributed by atoms with Crippen molar-refractivity contribution in [2.45, 2.75) is 84.7 Å². The Kier molecular flexibility index (Phi) is 9.92. The van der Waals surface area contributed by atoms with Crippen LogP contribution in [0.3, 0.4) is 0 Å². The largest absolute Gasteiger partial charge is 0.489 e. The fourth-order valence-electron chi connectivity index (χ4n) is 10.0. The summed E-state index contributed by atoms with van der Waals surface area (Å²) < 4.78 is 6.35. The molecule has 2 saturated heterocycles. The van der Waals surface area contributed by atoms with Gasteiger partial charge in [0.1, 0.15) is 24.0 Å². The second-order valence-electron chi connectivity index (χ2n) is 17.4. The van der Waals surface area contributed by atoms with Crippen LogP contribution in [-0.4, -0.2) is 88.0 Å². The summed E-state index contributed by atoms with van der Waals surface area (Å²) in [6, 6.07) is 16.2. The first-order valence-electron chi connectivity index (χ1n) is 19.7. The van der Waals surface area contributed by atoms with Gasteiger partial charge >= 0.3 is 0 Å². The number of carbonyl (C=O) groups is 6. The average Bonchev–Trinajstić information content (AvgIpc) is 3.70. The highest BCUT2D eigenvalue weighted by atomic mass is 35.5. The van der Waals surface area contributed by atoms with Gasteiger partial charge in [-0.05, 0) is 84.8 Å². The van der Waals surface area contributed by atoms with Crippen LogP contribution in [0.5, 0.6) is 5.75 Å². The monoisotopic (exact) mass is 804 g/mol. The number of halogens is 1. The fourth-order valence-corrected chi connectivity index (χ4v) is 10.2. The van der Waals surface area contributed by atoms with E-state index in [4.69, 9.17) is 16.3 Å². The Morgan fingerprint density at radius 1 is 0.879 bits per heavy atom. The summed E-state index contributed by atoms with van der Waals surface area (Å²) in [5.74, 6) is -1.39. The minimum absolute atomic E-state index is 0.0710. The summed E-state index contributed by atoms with van der Waals surface area (Å²) in [7, 11) is 0. The molecule has 3 aromatic carbocycles. The van der Waals surface area contributed by atoms with Gasteiger partial charge < -0.3 is 15.0 Å². The van der Waals surface area contributed by atoms with Gasteiger partial charge in [-0.1, -0.05) is 39.3 Å². The van der Waals surface area contributed by atoms with Crippen molar-refractivity contribution in [3.05, 3.63) is 98.6 Å². The Bertz CT molecular complexity index is 2250. The van der Waals surface area contributed by atoms with Crippen molar-refractivity contribution in [3.8, 4) is 11.8 Å². The Morgan fingerprint density at radius 2 is 1.48 bits per heavy atom. The minimum Gasteiger partial charge on any atom is -0.489 e. The van der Waals surface area contributed by atoms with E-state index in [1.165, 1.54) is 0 Å². The number of rotatable bonds is 8. The zero-order chi connectivity index (χ0) is 41.3. The maximum Gasteiger partial charge on any atom is 0.262 e. The number of amides is 6. The van der Waals surface area contributed by atoms with Crippen molar-refractivity contribution in [1.82, 2.24) is 25.3 Å². The number of hydrogen-bond acceptors (Lipinski definition) is 9. The standard InChI is InChI=1S/C44H45ClN6O7/c1-43(2)41(44(3,4)42(43)58-30-10-9-27(20-46)33(45)19-30)48-36(53)25-5-7-26(8-6-25)38(55)50-15-13-24(14-16-50)21-49-22-28-17-31-32(18-29(28)23-49)40(57)51(39(31)56)34-11-12-35(52)47-37(34)54/h5-10,17-19,24,34,41-42H,11-16,21-23H2,1-4H3,(H,48,53)(H,47,52,54)/t34?,41-,42-. The summed E-state index contributed by atoms with van der Waals surface area (Å²) in [5.41, 5.74) is 3.11. The molecule has 8 rings (SSSR count). The molecule has 5 aliphatic rings. The van der Waals surface area contributed by atoms with E-state index < -0.39 is 40.5 Å². The predicted octanol–water partition coefficient (Wildman–Crippen LogP) is 5.09. The molecule has 0 spiro atoms. The lowest BCUT2D eigenvalue weighted by Gasteiger charge is -2.63. The molecule has 0 bridgehead atoms. The highest BCUT2D eigenvalue weighted by Crippen LogP contribution is 2.55. The first-order chi connectivity index (χ1) is 27.6. The van der Waals surface area contributed by atoms with E-state index in [2.05, 4.69) is 21.6 Å². The number of fused-ring (bicyclic) bond motifs is 2. The molecule has 3 fully saturated rings. The molecule has 4 aliphatic heterocycles. The van der Waals surface area contributed by atoms with Crippen LogP contribution in [0.2, 0.25) is 5.02 Å². The van der Waals surface area contributed by atoms with Crippen molar-refractivity contribution in [1.29, 1.82) is 5.26 Å². The molecule has 58 heavy (non-hydrogen) atoms. The molecule has 0 aromatic heterocycles. The van der Waals surface area contributed by atoms with E-state index in [0.717, 1.165) is 35.4 Å². The first kappa shape index (κ1) is 39.3. The zero-order valence-corrected chi connectivity index (χ0v) is 33.7. The van der Waals surface area contributed by atoms with Crippen molar-refractivity contribution < 1.29 is 33.5 Å². The van der Waals surface area contributed by atoms with E-state index in [0.29, 0.717) is 70.7 Å². The van der Waals surface area contributed by atoms with E-state index in [-0.39, 0.29) is 36.8 Å². The number of hydrogen-bond donors (Lipinski definition) is 2. The number of nitriles is 1. The van der Waals surface area contributed by atoms with E-state index in [1.807, 2.05) is 32.6 Å². The van der Waals surface area contributed by atoms with Crippen LogP contribution < -0.4 is 15.4 Å². The Labute approximate surface area is 341 Å². The minimum atomic E-state index is -0.988. The highest BCUT2D eigenvalue weighted by molar-refractivity contribution is 6.31. The van der Waals surface area contributed by atoms with Crippen LogP contribution >= 0.6 is 11.6 Å². The molecule has 2 N–H and O–H groups in total. The molecule has 3 aromatic rings. The van der Waals surface area contributed by atoms with Gasteiger partial charge in [0.15, 0.2) is 0 Å². The molecular formula is C44H45ClN6O7. The lowest BCUT2D eigenvalue weighted by molar-refractivity contribution is -0.164. The van der Waals surface area contributed by atoms with Gasteiger partial charge in [0.2, 0.25) is 11.8 Å². The fraction of sp³-hybridized carbons (Fsp3) is 0.432. The molecule has 1 aliphatic carbocycles. The normalized spacial score (nSPS) is 23.8. The molecule has 0 radical (unpaired) electrons. The third kappa shape index (κ3) is 6.82. The van der Waals surface area contributed by atoms with Crippen LogP contribution in [0.25, 0.3) is 0 Å². The number of nitrogens with zero attached hydrogens (tertiary/aromatic N) is 4. The van der Waals surface area contributed by atoms with Crippen molar-refractivity contribution >= 4 is 47.0 Å². The number of piperidine rings is 2. The summed E-state index contributed by atoms with van der Waals surface area (Å²) in [4.78, 5) is 82.8. The number of ether oxygens (including phenoxy) is 1. The first-order valence-corrected chi connectivity index (χ1v) is 20.1. The van der Waals surface area contributed by atoms with E-state index >= 15 is 0 Å². The maximum absolute atomic E-state index is 13.5. The van der Waals surface area contributed by atoms with E-state index in [9.17, 15) is 34.0 Å². The molecule has 1 unspecified atom stereocenters. The molecule has 14 heteroatoms. The molecule has 13 nitrogen and oxygen atoms in total. The third-order valence-corrected chi connectivity index (χ3v) is 13.1. The number of likely N-dealkylation sites (tertiary alicyclic amines) is 1. The summed E-state index contributed by atoms with van der Waals surface area (Å²) in [6.45, 7) is 11.5. The van der Waals surface area contributed by atoms with Gasteiger partial charge in [0.25, 0.3) is 23.6 Å². The smallest absolute Gasteiger partial charge is 0.262 e. The molecule has 300 valence electrons. The number of imide groups is 2. The molecule has 1 saturated carbocycles. The summed E-state index contributed by atoms with van der Waals surface area (Å²) >= 11 is 6.23. The highest BCUT2D eigenvalue weighted by Gasteiger charge is 2.64. The van der Waals surface area contributed by atoms with Crippen LogP contribution in [0.1, 0.15) is 112 Å². The van der Waals surface area contributed by atoms with Gasteiger partial charge in [-0.3, -0.25) is 43.9 Å². The summed E-state index contributed by atoms with van der Waals surface area (Å²) in [6.07, 6.45) is 1.64. The number of nitrogens with one attached hydrogen (secondary N) is 2. The van der Waals surface area contributed by atoms with Crippen molar-refractivity contribution in [2.24, 2.45) is 16.7 Å². The SMILES string of the molecule is CC1(C)[C@H](NC(=O)c2ccc(C(=O)N3CCC(CN4Cc5cc6c(cc5C4)C(=O)N(C4CCC(=O)NC4=O)C6=O)CC3)cc2)C(C)(C)[C@H]1Oc1ccc(C#N)c(Cl)c1. The zero-order valence-electron chi connectivity index (χ0n) is 32.9. The van der Waals surface area contributed by atoms with Crippen LogP contribution in [0, 0.1) is 28.1 Å². The van der Waals surface area contributed by atoms with Crippen molar-refractivity contribution in [3.63, 3.8) is 0 Å².